The number of rotatable bonds is 3. The van der Waals surface area contributed by atoms with Gasteiger partial charge in [-0.25, -0.2) is 4.42 Å². The molecule has 47 heavy (non-hydrogen) atoms. The first kappa shape index (κ1) is 27.9. The molecule has 0 saturated carbocycles. The number of anilines is 4. The van der Waals surface area contributed by atoms with Crippen LogP contribution in [0.5, 0.6) is 0 Å². The molecule has 0 bridgehead atoms. The molecule has 230 valence electrons. The second-order valence-electron chi connectivity index (χ2n) is 14.4. The van der Waals surface area contributed by atoms with Crippen LogP contribution < -0.4 is 14.9 Å². The summed E-state index contributed by atoms with van der Waals surface area (Å²) in [6, 6.07) is 37.4. The summed E-state index contributed by atoms with van der Waals surface area (Å²) in [7, 11) is 0. The van der Waals surface area contributed by atoms with E-state index in [2.05, 4.69) is 122 Å². The van der Waals surface area contributed by atoms with Gasteiger partial charge in [0.1, 0.15) is 0 Å². The molecule has 0 atom stereocenters. The third-order valence-corrected chi connectivity index (χ3v) is 10.3. The molecule has 2 aliphatic rings. The van der Waals surface area contributed by atoms with Gasteiger partial charge >= 0.3 is 11.2 Å². The third-order valence-electron chi connectivity index (χ3n) is 10.3. The fourth-order valence-electron chi connectivity index (χ4n) is 8.34. The minimum atomic E-state index is -1.17. The van der Waals surface area contributed by atoms with Crippen LogP contribution in [0, 0.1) is 0 Å². The summed E-state index contributed by atoms with van der Waals surface area (Å²) >= 11 is 0. The standard InChI is InChI=1S/C42H34N2O3/c1-41(2)23-43(26-12-6-5-7-13-26)36-30-16-10-8-14-28(30)32-22-33-29-15-9-11-17-31(29)37-35(39(33)47-38(32)34(36)41)42(3,4)24-44(37)27-20-18-25(19-21-27)40(45)46/h5-22H,23-24H2,1-4H3. The number of carboxylic acid groups (broad SMARTS) is 1. The molecule has 9 rings (SSSR count). The van der Waals surface area contributed by atoms with E-state index >= 15 is 0 Å². The molecular weight excluding hydrogens is 580 g/mol. The first-order chi connectivity index (χ1) is 22.6. The van der Waals surface area contributed by atoms with E-state index in [1.54, 1.807) is 12.1 Å². The zero-order chi connectivity index (χ0) is 32.2. The SMILES string of the molecule is CC1(C)CN(c2ccccc2)c2c1c1[o+]c3c4c(c5ccccc5c3cc1c1ccccc21)N(c1ccc(C(=O)[O-])cc1)CC4(C)C. The monoisotopic (exact) mass is 614 g/mol. The van der Waals surface area contributed by atoms with Crippen LogP contribution in [0.1, 0.15) is 49.2 Å². The molecule has 0 saturated heterocycles. The highest BCUT2D eigenvalue weighted by atomic mass is 16.4. The van der Waals surface area contributed by atoms with Crippen molar-refractivity contribution in [1.82, 2.24) is 0 Å². The Hall–Kier alpha value is -5.42. The molecule has 0 aliphatic carbocycles. The molecule has 5 nitrogen and oxygen atoms in total. The summed E-state index contributed by atoms with van der Waals surface area (Å²) < 4.78 is 7.40. The van der Waals surface area contributed by atoms with Gasteiger partial charge in [0.2, 0.25) is 0 Å². The number of hydrogen-bond acceptors (Lipinski definition) is 4. The van der Waals surface area contributed by atoms with Crippen molar-refractivity contribution in [3.8, 4) is 0 Å². The number of para-hydroxylation sites is 1. The normalized spacial score (nSPS) is 16.3. The van der Waals surface area contributed by atoms with E-state index < -0.39 is 5.97 Å². The number of carboxylic acids is 1. The van der Waals surface area contributed by atoms with Crippen molar-refractivity contribution in [2.24, 2.45) is 0 Å². The molecule has 0 amide bonds. The molecule has 0 spiro atoms. The largest absolute Gasteiger partial charge is 0.545 e. The number of carbonyl (C=O) groups is 1. The first-order valence-electron chi connectivity index (χ1n) is 16.3. The van der Waals surface area contributed by atoms with Gasteiger partial charge in [-0.1, -0.05) is 107 Å². The Morgan fingerprint density at radius 1 is 0.574 bits per heavy atom. The van der Waals surface area contributed by atoms with E-state index in [1.165, 1.54) is 33.3 Å². The lowest BCUT2D eigenvalue weighted by Gasteiger charge is -2.23. The van der Waals surface area contributed by atoms with Crippen molar-refractivity contribution in [2.45, 2.75) is 38.5 Å². The van der Waals surface area contributed by atoms with E-state index in [0.717, 1.165) is 57.2 Å². The van der Waals surface area contributed by atoms with E-state index in [9.17, 15) is 9.90 Å². The molecule has 0 unspecified atom stereocenters. The van der Waals surface area contributed by atoms with Crippen LogP contribution in [0.4, 0.5) is 22.7 Å². The lowest BCUT2D eigenvalue weighted by atomic mass is 9.82. The summed E-state index contributed by atoms with van der Waals surface area (Å²) in [6.07, 6.45) is 0. The Kier molecular flexibility index (Phi) is 5.66. The van der Waals surface area contributed by atoms with Crippen LogP contribution in [0.3, 0.4) is 0 Å². The molecule has 6 aromatic carbocycles. The Bertz CT molecular complexity index is 2450. The highest BCUT2D eigenvalue weighted by Crippen LogP contribution is 2.56. The minimum Gasteiger partial charge on any atom is -0.545 e. The van der Waals surface area contributed by atoms with Gasteiger partial charge in [0.15, 0.2) is 0 Å². The van der Waals surface area contributed by atoms with Crippen molar-refractivity contribution >= 4 is 72.2 Å². The van der Waals surface area contributed by atoms with Crippen LogP contribution in [0.15, 0.2) is 114 Å². The molecular formula is C42H34N2O3. The zero-order valence-electron chi connectivity index (χ0n) is 26.9. The van der Waals surface area contributed by atoms with E-state index in [4.69, 9.17) is 4.42 Å². The number of fused-ring (bicyclic) bond motifs is 12. The Morgan fingerprint density at radius 3 is 1.47 bits per heavy atom. The number of hydrogen-bond donors (Lipinski definition) is 0. The van der Waals surface area contributed by atoms with Gasteiger partial charge in [-0.3, -0.25) is 0 Å². The molecule has 0 fully saturated rings. The topological polar surface area (TPSA) is 57.9 Å². The van der Waals surface area contributed by atoms with Crippen molar-refractivity contribution in [1.29, 1.82) is 0 Å². The predicted molar refractivity (Wildman–Crippen MR) is 190 cm³/mol. The second kappa shape index (κ2) is 9.55. The molecule has 5 heteroatoms. The van der Waals surface area contributed by atoms with Crippen molar-refractivity contribution < 1.29 is 14.3 Å². The Balaban J connectivity index is 1.42. The fourth-order valence-corrected chi connectivity index (χ4v) is 8.34. The predicted octanol–water partition coefficient (Wildman–Crippen LogP) is 9.40. The van der Waals surface area contributed by atoms with E-state index in [1.807, 2.05) is 12.1 Å². The number of nitrogens with zero attached hydrogens (tertiary/aromatic N) is 2. The quantitative estimate of drug-likeness (QED) is 0.113. The molecule has 1 aromatic heterocycles. The van der Waals surface area contributed by atoms with Crippen LogP contribution in [0.2, 0.25) is 0 Å². The fraction of sp³-hybridized carbons (Fsp3) is 0.190. The van der Waals surface area contributed by atoms with Crippen molar-refractivity contribution in [3.05, 3.63) is 126 Å². The molecule has 2 aliphatic heterocycles. The summed E-state index contributed by atoms with van der Waals surface area (Å²) in [5, 5.41) is 18.5. The molecule has 7 aromatic rings. The maximum absolute atomic E-state index is 11.5. The van der Waals surface area contributed by atoms with Gasteiger partial charge in [-0.15, -0.1) is 0 Å². The Labute approximate surface area is 273 Å². The van der Waals surface area contributed by atoms with Gasteiger partial charge < -0.3 is 19.7 Å². The smallest absolute Gasteiger partial charge is 0.367 e. The molecule has 0 N–H and O–H groups in total. The first-order valence-corrected chi connectivity index (χ1v) is 16.3. The van der Waals surface area contributed by atoms with E-state index in [0.29, 0.717) is 0 Å². The van der Waals surface area contributed by atoms with Gasteiger partial charge in [-0.05, 0) is 35.9 Å². The second-order valence-corrected chi connectivity index (χ2v) is 14.4. The summed E-state index contributed by atoms with van der Waals surface area (Å²) in [6.45, 7) is 10.8. The Morgan fingerprint density at radius 2 is 1.00 bits per heavy atom. The number of benzene rings is 6. The summed E-state index contributed by atoms with van der Waals surface area (Å²) in [4.78, 5) is 16.3. The van der Waals surface area contributed by atoms with Gasteiger partial charge in [-0.2, -0.15) is 0 Å². The average molecular weight is 615 g/mol. The van der Waals surface area contributed by atoms with Crippen LogP contribution >= 0.6 is 0 Å². The number of aromatic carboxylic acids is 1. The molecule has 3 heterocycles. The summed E-state index contributed by atoms with van der Waals surface area (Å²) in [5.41, 5.74) is 8.47. The maximum atomic E-state index is 11.5. The number of carbonyl (C=O) groups excluding carboxylic acids is 1. The van der Waals surface area contributed by atoms with Crippen molar-refractivity contribution in [2.75, 3.05) is 22.9 Å². The van der Waals surface area contributed by atoms with Crippen LogP contribution in [-0.2, 0) is 10.8 Å². The van der Waals surface area contributed by atoms with E-state index in [-0.39, 0.29) is 16.4 Å². The van der Waals surface area contributed by atoms with Gasteiger partial charge in [0, 0.05) is 56.8 Å². The minimum absolute atomic E-state index is 0.172. The lowest BCUT2D eigenvalue weighted by Crippen LogP contribution is -2.25. The van der Waals surface area contributed by atoms with Gasteiger partial charge in [0.25, 0.3) is 0 Å². The summed E-state index contributed by atoms with van der Waals surface area (Å²) in [5.74, 6) is -1.17. The lowest BCUT2D eigenvalue weighted by molar-refractivity contribution is -0.255. The van der Waals surface area contributed by atoms with Crippen LogP contribution in [-0.4, -0.2) is 19.1 Å². The maximum Gasteiger partial charge on any atom is 0.367 e. The van der Waals surface area contributed by atoms with Crippen LogP contribution in [0.25, 0.3) is 43.5 Å². The van der Waals surface area contributed by atoms with Gasteiger partial charge in [0.05, 0.1) is 39.2 Å². The average Bonchev–Trinajstić information content (AvgIpc) is 3.54. The third kappa shape index (κ3) is 3.89. The van der Waals surface area contributed by atoms with Crippen molar-refractivity contribution in [3.63, 3.8) is 0 Å². The highest BCUT2D eigenvalue weighted by molar-refractivity contribution is 6.22. The highest BCUT2D eigenvalue weighted by Gasteiger charge is 2.47. The zero-order valence-corrected chi connectivity index (χ0v) is 26.9. The molecule has 0 radical (unpaired) electrons.